The summed E-state index contributed by atoms with van der Waals surface area (Å²) in [6.07, 6.45) is 0.315. The Morgan fingerprint density at radius 2 is 1.76 bits per heavy atom. The van der Waals surface area contributed by atoms with Crippen LogP contribution in [0.15, 0.2) is 30.3 Å². The summed E-state index contributed by atoms with van der Waals surface area (Å²) in [5.41, 5.74) is 3.60. The first-order valence-corrected chi connectivity index (χ1v) is 12.0. The molecule has 0 aliphatic carbocycles. The van der Waals surface area contributed by atoms with Gasteiger partial charge < -0.3 is 10.1 Å². The standard InChI is InChI=1S/C20H29NO3Si/c1-20(2,3)24-19(23)15-17(12-13-25(4,5)6)21-18(22)14-16-10-8-7-9-11-16/h7-11,17H,14-15H2,1-6H3,(H,21,22)/t17-/m0/s1. The minimum Gasteiger partial charge on any atom is -0.460 e. The third-order valence-electron chi connectivity index (χ3n) is 2.95. The van der Waals surface area contributed by atoms with E-state index in [2.05, 4.69) is 36.4 Å². The van der Waals surface area contributed by atoms with Gasteiger partial charge in [0.25, 0.3) is 0 Å². The molecule has 136 valence electrons. The SMILES string of the molecule is CC(C)(C)OC(=O)C[C@H](C#C[Si](C)(C)C)NC(=O)Cc1ccccc1. The summed E-state index contributed by atoms with van der Waals surface area (Å²) < 4.78 is 5.35. The fraction of sp³-hybridized carbons (Fsp3) is 0.500. The number of benzene rings is 1. The first kappa shape index (κ1) is 21.0. The van der Waals surface area contributed by atoms with Gasteiger partial charge in [0.1, 0.15) is 19.7 Å². The zero-order valence-electron chi connectivity index (χ0n) is 16.1. The minimum atomic E-state index is -1.61. The van der Waals surface area contributed by atoms with Crippen LogP contribution in [0.1, 0.15) is 32.8 Å². The van der Waals surface area contributed by atoms with Gasteiger partial charge in [0.15, 0.2) is 0 Å². The second kappa shape index (κ2) is 8.86. The van der Waals surface area contributed by atoms with Crippen LogP contribution in [-0.4, -0.2) is 31.6 Å². The lowest BCUT2D eigenvalue weighted by Gasteiger charge is -2.21. The number of esters is 1. The maximum absolute atomic E-state index is 12.3. The third-order valence-corrected chi connectivity index (χ3v) is 3.85. The van der Waals surface area contributed by atoms with Gasteiger partial charge in [0, 0.05) is 0 Å². The van der Waals surface area contributed by atoms with Crippen molar-refractivity contribution in [2.24, 2.45) is 0 Å². The number of carbonyl (C=O) groups excluding carboxylic acids is 2. The molecule has 5 heteroatoms. The molecule has 4 nitrogen and oxygen atoms in total. The highest BCUT2D eigenvalue weighted by Crippen LogP contribution is 2.10. The predicted molar refractivity (Wildman–Crippen MR) is 104 cm³/mol. The van der Waals surface area contributed by atoms with Gasteiger partial charge in [0.2, 0.25) is 5.91 Å². The third kappa shape index (κ3) is 10.4. The lowest BCUT2D eigenvalue weighted by atomic mass is 10.1. The van der Waals surface area contributed by atoms with Crippen LogP contribution in [0.25, 0.3) is 0 Å². The number of hydrogen-bond acceptors (Lipinski definition) is 3. The van der Waals surface area contributed by atoms with Crippen molar-refractivity contribution in [2.75, 3.05) is 0 Å². The fourth-order valence-electron chi connectivity index (χ4n) is 2.02. The van der Waals surface area contributed by atoms with E-state index in [4.69, 9.17) is 4.74 Å². The molecule has 0 fully saturated rings. The van der Waals surface area contributed by atoms with E-state index in [1.165, 1.54) is 0 Å². The lowest BCUT2D eigenvalue weighted by molar-refractivity contribution is -0.155. The van der Waals surface area contributed by atoms with E-state index >= 15 is 0 Å². The molecule has 1 amide bonds. The molecular weight excluding hydrogens is 330 g/mol. The largest absolute Gasteiger partial charge is 0.460 e. The molecule has 0 heterocycles. The maximum Gasteiger partial charge on any atom is 0.309 e. The van der Waals surface area contributed by atoms with E-state index in [0.717, 1.165) is 5.56 Å². The van der Waals surface area contributed by atoms with Crippen LogP contribution in [0.3, 0.4) is 0 Å². The molecule has 0 aliphatic rings. The van der Waals surface area contributed by atoms with Gasteiger partial charge in [-0.15, -0.1) is 5.54 Å². The number of amides is 1. The molecule has 1 N–H and O–H groups in total. The molecule has 0 saturated carbocycles. The van der Waals surface area contributed by atoms with Gasteiger partial charge in [-0.05, 0) is 26.3 Å². The molecule has 0 bridgehead atoms. The molecule has 0 unspecified atom stereocenters. The van der Waals surface area contributed by atoms with E-state index in [0.29, 0.717) is 0 Å². The van der Waals surface area contributed by atoms with Crippen LogP contribution < -0.4 is 5.32 Å². The number of nitrogens with one attached hydrogen (secondary N) is 1. The quantitative estimate of drug-likeness (QED) is 0.498. The molecule has 1 aromatic rings. The Labute approximate surface area is 152 Å². The average Bonchev–Trinajstić information content (AvgIpc) is 2.43. The van der Waals surface area contributed by atoms with Crippen molar-refractivity contribution >= 4 is 20.0 Å². The molecule has 0 saturated heterocycles. The Balaban J connectivity index is 2.78. The molecule has 0 aromatic heterocycles. The average molecular weight is 360 g/mol. The van der Waals surface area contributed by atoms with Crippen molar-refractivity contribution in [1.29, 1.82) is 0 Å². The molecule has 25 heavy (non-hydrogen) atoms. The summed E-state index contributed by atoms with van der Waals surface area (Å²) in [4.78, 5) is 24.4. The van der Waals surface area contributed by atoms with Crippen LogP contribution in [0.2, 0.25) is 19.6 Å². The first-order valence-electron chi connectivity index (χ1n) is 8.52. The Morgan fingerprint density at radius 3 is 2.28 bits per heavy atom. The molecular formula is C20H29NO3Si. The smallest absolute Gasteiger partial charge is 0.309 e. The zero-order chi connectivity index (χ0) is 19.1. The Hall–Kier alpha value is -2.06. The van der Waals surface area contributed by atoms with Crippen molar-refractivity contribution in [3.8, 4) is 11.5 Å². The second-order valence-corrected chi connectivity index (χ2v) is 12.8. The van der Waals surface area contributed by atoms with Crippen molar-refractivity contribution in [1.82, 2.24) is 5.32 Å². The van der Waals surface area contributed by atoms with Crippen LogP contribution >= 0.6 is 0 Å². The van der Waals surface area contributed by atoms with Crippen LogP contribution in [-0.2, 0) is 20.7 Å². The highest BCUT2D eigenvalue weighted by Gasteiger charge is 2.21. The topological polar surface area (TPSA) is 55.4 Å². The highest BCUT2D eigenvalue weighted by atomic mass is 28.3. The summed E-state index contributed by atoms with van der Waals surface area (Å²) in [5.74, 6) is 2.56. The van der Waals surface area contributed by atoms with Gasteiger partial charge in [-0.1, -0.05) is 55.9 Å². The van der Waals surface area contributed by atoms with Crippen LogP contribution in [0.4, 0.5) is 0 Å². The second-order valence-electron chi connectivity index (χ2n) is 8.09. The minimum absolute atomic E-state index is 0.0509. The predicted octanol–water partition coefficient (Wildman–Crippen LogP) is 3.33. The van der Waals surface area contributed by atoms with Crippen molar-refractivity contribution in [3.63, 3.8) is 0 Å². The molecule has 0 radical (unpaired) electrons. The van der Waals surface area contributed by atoms with Gasteiger partial charge in [0.05, 0.1) is 12.8 Å². The molecule has 1 rings (SSSR count). The molecule has 0 spiro atoms. The van der Waals surface area contributed by atoms with E-state index in [9.17, 15) is 9.59 Å². The number of rotatable bonds is 5. The van der Waals surface area contributed by atoms with Crippen LogP contribution in [0.5, 0.6) is 0 Å². The summed E-state index contributed by atoms with van der Waals surface area (Å²) in [5, 5.41) is 2.86. The lowest BCUT2D eigenvalue weighted by Crippen LogP contribution is -2.38. The molecule has 0 aliphatic heterocycles. The van der Waals surface area contributed by atoms with E-state index < -0.39 is 19.7 Å². The van der Waals surface area contributed by atoms with E-state index in [-0.39, 0.29) is 24.7 Å². The van der Waals surface area contributed by atoms with Gasteiger partial charge >= 0.3 is 5.97 Å². The monoisotopic (exact) mass is 359 g/mol. The number of hydrogen-bond donors (Lipinski definition) is 1. The number of ether oxygens (including phenoxy) is 1. The number of carbonyl (C=O) groups is 2. The summed E-state index contributed by atoms with van der Waals surface area (Å²) >= 11 is 0. The Kier molecular flexibility index (Phi) is 7.44. The zero-order valence-corrected chi connectivity index (χ0v) is 17.1. The van der Waals surface area contributed by atoms with Crippen LogP contribution in [0, 0.1) is 11.5 Å². The molecule has 1 aromatic carbocycles. The summed E-state index contributed by atoms with van der Waals surface area (Å²) in [7, 11) is -1.61. The van der Waals surface area contributed by atoms with Crippen molar-refractivity contribution in [2.45, 2.75) is 64.9 Å². The first-order chi connectivity index (χ1) is 11.4. The summed E-state index contributed by atoms with van der Waals surface area (Å²) in [6, 6.07) is 8.97. The summed E-state index contributed by atoms with van der Waals surface area (Å²) in [6.45, 7) is 11.8. The van der Waals surface area contributed by atoms with Gasteiger partial charge in [-0.25, -0.2) is 0 Å². The van der Waals surface area contributed by atoms with Gasteiger partial charge in [-0.2, -0.15) is 0 Å². The highest BCUT2D eigenvalue weighted by molar-refractivity contribution is 6.83. The Morgan fingerprint density at radius 1 is 1.16 bits per heavy atom. The normalized spacial score (nSPS) is 12.6. The van der Waals surface area contributed by atoms with Crippen molar-refractivity contribution in [3.05, 3.63) is 35.9 Å². The van der Waals surface area contributed by atoms with E-state index in [1.807, 2.05) is 51.1 Å². The Bertz CT molecular complexity index is 645. The molecule has 1 atom stereocenters. The van der Waals surface area contributed by atoms with E-state index in [1.54, 1.807) is 0 Å². The fourth-order valence-corrected chi connectivity index (χ4v) is 2.63. The van der Waals surface area contributed by atoms with Gasteiger partial charge in [-0.3, -0.25) is 9.59 Å². The maximum atomic E-state index is 12.3. The van der Waals surface area contributed by atoms with Crippen molar-refractivity contribution < 1.29 is 14.3 Å².